The monoisotopic (exact) mass is 279 g/mol. The van der Waals surface area contributed by atoms with Crippen LogP contribution in [-0.4, -0.2) is 26.0 Å². The van der Waals surface area contributed by atoms with Gasteiger partial charge in [0, 0.05) is 6.54 Å². The van der Waals surface area contributed by atoms with Gasteiger partial charge in [-0.2, -0.15) is 0 Å². The molecule has 0 radical (unpaired) electrons. The van der Waals surface area contributed by atoms with Gasteiger partial charge in [-0.15, -0.1) is 0 Å². The molecule has 1 rings (SSSR count). The summed E-state index contributed by atoms with van der Waals surface area (Å²) < 4.78 is 36.0. The standard InChI is InChI=1S/C11H15ClFNO2S/c1-8(2)17(15,16)6-5-14-11-7-9(13)3-4-10(11)12/h3-4,7-8,14H,5-6H2,1-2H3. The van der Waals surface area contributed by atoms with E-state index in [1.54, 1.807) is 13.8 Å². The summed E-state index contributed by atoms with van der Waals surface area (Å²) in [4.78, 5) is 0. The fraction of sp³-hybridized carbons (Fsp3) is 0.455. The molecule has 0 aliphatic rings. The Hall–Kier alpha value is -0.810. The normalized spacial score (nSPS) is 11.8. The van der Waals surface area contributed by atoms with Crippen molar-refractivity contribution in [1.29, 1.82) is 0 Å². The van der Waals surface area contributed by atoms with Gasteiger partial charge in [-0.3, -0.25) is 0 Å². The SMILES string of the molecule is CC(C)S(=O)(=O)CCNc1cc(F)ccc1Cl. The zero-order chi connectivity index (χ0) is 13.1. The van der Waals surface area contributed by atoms with Gasteiger partial charge >= 0.3 is 0 Å². The van der Waals surface area contributed by atoms with Gasteiger partial charge in [0.05, 0.1) is 21.7 Å². The molecule has 0 fully saturated rings. The first-order chi connectivity index (χ1) is 7.83. The van der Waals surface area contributed by atoms with E-state index in [4.69, 9.17) is 11.6 Å². The van der Waals surface area contributed by atoms with E-state index in [2.05, 4.69) is 5.32 Å². The van der Waals surface area contributed by atoms with Crippen molar-refractivity contribution in [3.8, 4) is 0 Å². The Labute approximate surface area is 106 Å². The third-order valence-electron chi connectivity index (χ3n) is 2.35. The predicted molar refractivity (Wildman–Crippen MR) is 68.8 cm³/mol. The van der Waals surface area contributed by atoms with Gasteiger partial charge in [0.1, 0.15) is 5.82 Å². The Morgan fingerprint density at radius 1 is 1.41 bits per heavy atom. The second-order valence-corrected chi connectivity index (χ2v) is 7.05. The molecule has 0 amide bonds. The van der Waals surface area contributed by atoms with Crippen molar-refractivity contribution in [3.63, 3.8) is 0 Å². The van der Waals surface area contributed by atoms with E-state index in [1.165, 1.54) is 18.2 Å². The van der Waals surface area contributed by atoms with E-state index < -0.39 is 20.9 Å². The minimum Gasteiger partial charge on any atom is -0.383 e. The van der Waals surface area contributed by atoms with Gasteiger partial charge in [-0.1, -0.05) is 11.6 Å². The highest BCUT2D eigenvalue weighted by atomic mass is 35.5. The molecule has 0 saturated carbocycles. The third-order valence-corrected chi connectivity index (χ3v) is 4.89. The molecule has 0 unspecified atom stereocenters. The molecule has 0 aliphatic heterocycles. The number of halogens is 2. The van der Waals surface area contributed by atoms with Crippen molar-refractivity contribution in [1.82, 2.24) is 0 Å². The van der Waals surface area contributed by atoms with Crippen LogP contribution in [0.1, 0.15) is 13.8 Å². The lowest BCUT2D eigenvalue weighted by Gasteiger charge is -2.10. The van der Waals surface area contributed by atoms with Crippen LogP contribution in [0.15, 0.2) is 18.2 Å². The minimum atomic E-state index is -3.09. The lowest BCUT2D eigenvalue weighted by molar-refractivity contribution is 0.588. The molecule has 0 bridgehead atoms. The summed E-state index contributed by atoms with van der Waals surface area (Å²) in [5.74, 6) is -0.416. The molecule has 96 valence electrons. The molecule has 6 heteroatoms. The predicted octanol–water partition coefficient (Wildman–Crippen LogP) is 2.71. The van der Waals surface area contributed by atoms with E-state index in [0.717, 1.165) is 0 Å². The average molecular weight is 280 g/mol. The number of hydrogen-bond donors (Lipinski definition) is 1. The zero-order valence-corrected chi connectivity index (χ0v) is 11.3. The van der Waals surface area contributed by atoms with Crippen molar-refractivity contribution in [2.75, 3.05) is 17.6 Å². The maximum Gasteiger partial charge on any atom is 0.154 e. The summed E-state index contributed by atoms with van der Waals surface area (Å²) in [6.45, 7) is 3.47. The molecule has 0 saturated heterocycles. The Bertz CT molecular complexity index is 488. The molecule has 0 spiro atoms. The lowest BCUT2D eigenvalue weighted by Crippen LogP contribution is -2.23. The van der Waals surface area contributed by atoms with Crippen LogP contribution in [0.4, 0.5) is 10.1 Å². The van der Waals surface area contributed by atoms with Crippen LogP contribution in [0.2, 0.25) is 5.02 Å². The van der Waals surface area contributed by atoms with Gasteiger partial charge in [0.2, 0.25) is 0 Å². The second-order valence-electron chi connectivity index (χ2n) is 3.97. The number of anilines is 1. The lowest BCUT2D eigenvalue weighted by atomic mass is 10.3. The molecular formula is C11H15ClFNO2S. The Morgan fingerprint density at radius 3 is 2.65 bits per heavy atom. The van der Waals surface area contributed by atoms with E-state index in [0.29, 0.717) is 10.7 Å². The first-order valence-corrected chi connectivity index (χ1v) is 7.33. The Kier molecular flexibility index (Phi) is 4.77. The Morgan fingerprint density at radius 2 is 2.06 bits per heavy atom. The van der Waals surface area contributed by atoms with Gasteiger partial charge in [0.25, 0.3) is 0 Å². The minimum absolute atomic E-state index is 0.00247. The smallest absolute Gasteiger partial charge is 0.154 e. The topological polar surface area (TPSA) is 46.2 Å². The van der Waals surface area contributed by atoms with Crippen LogP contribution in [0.3, 0.4) is 0 Å². The first kappa shape index (κ1) is 14.3. The van der Waals surface area contributed by atoms with Crippen molar-refractivity contribution < 1.29 is 12.8 Å². The maximum atomic E-state index is 12.9. The van der Waals surface area contributed by atoms with E-state index >= 15 is 0 Å². The molecule has 0 aromatic heterocycles. The van der Waals surface area contributed by atoms with Crippen LogP contribution in [0.5, 0.6) is 0 Å². The number of sulfone groups is 1. The van der Waals surface area contributed by atoms with Gasteiger partial charge < -0.3 is 5.32 Å². The third kappa shape index (κ3) is 4.16. The maximum absolute atomic E-state index is 12.9. The van der Waals surface area contributed by atoms with Crippen LogP contribution in [-0.2, 0) is 9.84 Å². The van der Waals surface area contributed by atoms with Crippen molar-refractivity contribution in [3.05, 3.63) is 29.0 Å². The summed E-state index contributed by atoms with van der Waals surface area (Å²) in [5.41, 5.74) is 0.408. The molecule has 1 N–H and O–H groups in total. The van der Waals surface area contributed by atoms with E-state index in [9.17, 15) is 12.8 Å². The van der Waals surface area contributed by atoms with Gasteiger partial charge in [-0.05, 0) is 32.0 Å². The number of nitrogens with one attached hydrogen (secondary N) is 1. The summed E-state index contributed by atoms with van der Waals surface area (Å²) in [7, 11) is -3.09. The first-order valence-electron chi connectivity index (χ1n) is 5.23. The quantitative estimate of drug-likeness (QED) is 0.901. The van der Waals surface area contributed by atoms with Crippen molar-refractivity contribution in [2.45, 2.75) is 19.1 Å². The van der Waals surface area contributed by atoms with Crippen LogP contribution >= 0.6 is 11.6 Å². The summed E-state index contributed by atoms with van der Waals surface area (Å²) >= 11 is 5.83. The Balaban J connectivity index is 2.60. The highest BCUT2D eigenvalue weighted by Gasteiger charge is 2.15. The van der Waals surface area contributed by atoms with Crippen molar-refractivity contribution >= 4 is 27.1 Å². The zero-order valence-electron chi connectivity index (χ0n) is 9.70. The summed E-state index contributed by atoms with van der Waals surface area (Å²) in [6, 6.07) is 3.92. The van der Waals surface area contributed by atoms with E-state index in [-0.39, 0.29) is 12.3 Å². The molecule has 0 aliphatic carbocycles. The average Bonchev–Trinajstić information content (AvgIpc) is 2.22. The molecule has 1 aromatic rings. The van der Waals surface area contributed by atoms with Crippen LogP contribution < -0.4 is 5.32 Å². The van der Waals surface area contributed by atoms with Gasteiger partial charge in [-0.25, -0.2) is 12.8 Å². The highest BCUT2D eigenvalue weighted by molar-refractivity contribution is 7.92. The summed E-state index contributed by atoms with van der Waals surface area (Å²) in [5, 5.41) is 2.77. The largest absolute Gasteiger partial charge is 0.383 e. The number of rotatable bonds is 5. The molecule has 3 nitrogen and oxygen atoms in total. The van der Waals surface area contributed by atoms with Crippen LogP contribution in [0.25, 0.3) is 0 Å². The molecular weight excluding hydrogens is 265 g/mol. The van der Waals surface area contributed by atoms with Crippen molar-refractivity contribution in [2.24, 2.45) is 0 Å². The fourth-order valence-electron chi connectivity index (χ4n) is 1.20. The van der Waals surface area contributed by atoms with Gasteiger partial charge in [0.15, 0.2) is 9.84 Å². The molecule has 0 atom stereocenters. The fourth-order valence-corrected chi connectivity index (χ4v) is 2.24. The molecule has 1 aromatic carbocycles. The highest BCUT2D eigenvalue weighted by Crippen LogP contribution is 2.22. The molecule has 0 heterocycles. The summed E-state index contributed by atoms with van der Waals surface area (Å²) in [6.07, 6.45) is 0. The number of hydrogen-bond acceptors (Lipinski definition) is 3. The van der Waals surface area contributed by atoms with Crippen LogP contribution in [0, 0.1) is 5.82 Å². The second kappa shape index (κ2) is 5.69. The number of benzene rings is 1. The van der Waals surface area contributed by atoms with E-state index in [1.807, 2.05) is 0 Å². The molecule has 17 heavy (non-hydrogen) atoms.